The third-order valence-corrected chi connectivity index (χ3v) is 12.3. The van der Waals surface area contributed by atoms with Gasteiger partial charge in [-0.2, -0.15) is 0 Å². The molecule has 3 fully saturated rings. The number of nitrogens with zero attached hydrogens (tertiary/aromatic N) is 2. The van der Waals surface area contributed by atoms with Gasteiger partial charge in [-0.15, -0.1) is 23.2 Å². The highest BCUT2D eigenvalue weighted by molar-refractivity contribution is 6.58. The van der Waals surface area contributed by atoms with Gasteiger partial charge in [0.15, 0.2) is 38.8 Å². The second kappa shape index (κ2) is 11.7. The van der Waals surface area contributed by atoms with Gasteiger partial charge in [0.1, 0.15) is 17.2 Å². The molecular weight excluding hydrogens is 750 g/mol. The lowest BCUT2D eigenvalue weighted by Crippen LogP contribution is -2.61. The van der Waals surface area contributed by atoms with Crippen molar-refractivity contribution in [2.45, 2.75) is 35.9 Å². The highest BCUT2D eigenvalue weighted by Gasteiger charge is 2.77. The molecule has 5 aliphatic rings. The summed E-state index contributed by atoms with van der Waals surface area (Å²) in [7, 11) is 0. The number of carbonyl (C=O) groups excluding carboxylic acids is 5. The summed E-state index contributed by atoms with van der Waals surface area (Å²) in [5, 5.41) is 10.2. The van der Waals surface area contributed by atoms with Crippen molar-refractivity contribution < 1.29 is 55.8 Å². The normalized spacial score (nSPS) is 28.9. The van der Waals surface area contributed by atoms with Crippen LogP contribution in [0.2, 0.25) is 0 Å². The van der Waals surface area contributed by atoms with E-state index in [1.54, 1.807) is 6.08 Å². The van der Waals surface area contributed by atoms with Gasteiger partial charge in [-0.3, -0.25) is 28.9 Å². The Bertz CT molecular complexity index is 2290. The van der Waals surface area contributed by atoms with Gasteiger partial charge < -0.3 is 9.84 Å². The number of phenols is 1. The second-order valence-corrected chi connectivity index (χ2v) is 14.8. The van der Waals surface area contributed by atoms with Crippen LogP contribution in [0.4, 0.5) is 33.3 Å². The predicted octanol–water partition coefficient (Wildman–Crippen LogP) is 6.41. The lowest BCUT2D eigenvalue weighted by atomic mass is 9.56. The van der Waals surface area contributed by atoms with Gasteiger partial charge in [0.25, 0.3) is 11.8 Å². The standard InChI is InChI=1S/C37H23Cl2F5N2O7/c1-14(47)15-2-4-18(5-3-15)45-32(49)21-8-7-20-22(24(21)33(45)50)12-36(38)34(51)46(31-29(43)27(41)26(40)28(42)30(31)44)35(52)37(36,39)25(20)17-10-16-11-19(48)6-9-23(16)53-13-17/h2-7,9,11,13,21-22,24-25,48H,8,10,12H2,1H3. The Kier molecular flexibility index (Phi) is 7.73. The number of hydrogen-bond donors (Lipinski definition) is 1. The van der Waals surface area contributed by atoms with Crippen LogP contribution in [0.5, 0.6) is 11.5 Å². The van der Waals surface area contributed by atoms with Gasteiger partial charge in [-0.05, 0) is 73.7 Å². The molecule has 3 aromatic rings. The summed E-state index contributed by atoms with van der Waals surface area (Å²) >= 11 is 14.4. The van der Waals surface area contributed by atoms with Crippen LogP contribution in [0.3, 0.4) is 0 Å². The third-order valence-electron chi connectivity index (χ3n) is 10.9. The Hall–Kier alpha value is -5.08. The fraction of sp³-hybridized carbons (Fsp3) is 0.270. The summed E-state index contributed by atoms with van der Waals surface area (Å²) < 4.78 is 79.5. The first-order chi connectivity index (χ1) is 25.0. The lowest BCUT2D eigenvalue weighted by molar-refractivity contribution is -0.125. The number of phenolic OH excluding ortho intramolecular Hbond substituents is 1. The monoisotopic (exact) mass is 772 g/mol. The molecule has 6 unspecified atom stereocenters. The molecule has 0 radical (unpaired) electrons. The number of amides is 4. The van der Waals surface area contributed by atoms with Crippen molar-refractivity contribution in [3.63, 3.8) is 0 Å². The van der Waals surface area contributed by atoms with Crippen molar-refractivity contribution in [2.75, 3.05) is 9.80 Å². The Morgan fingerprint density at radius 1 is 0.849 bits per heavy atom. The van der Waals surface area contributed by atoms with Crippen LogP contribution in [0, 0.1) is 52.8 Å². The number of anilines is 2. The molecule has 53 heavy (non-hydrogen) atoms. The van der Waals surface area contributed by atoms with E-state index in [9.17, 15) is 42.3 Å². The van der Waals surface area contributed by atoms with Crippen molar-refractivity contribution in [1.82, 2.24) is 0 Å². The average molecular weight is 773 g/mol. The number of alkyl halides is 2. The van der Waals surface area contributed by atoms with Crippen LogP contribution in [0.15, 0.2) is 65.9 Å². The Balaban J connectivity index is 1.29. The van der Waals surface area contributed by atoms with E-state index in [4.69, 9.17) is 27.9 Å². The highest BCUT2D eigenvalue weighted by atomic mass is 35.5. The zero-order valence-corrected chi connectivity index (χ0v) is 28.6. The van der Waals surface area contributed by atoms with E-state index in [1.807, 2.05) is 0 Å². The molecule has 2 saturated heterocycles. The Labute approximate surface area is 306 Å². The zero-order valence-electron chi connectivity index (χ0n) is 27.1. The minimum atomic E-state index is -2.71. The van der Waals surface area contributed by atoms with Crippen molar-refractivity contribution >= 4 is 64.0 Å². The number of fused-ring (bicyclic) bond motifs is 5. The van der Waals surface area contributed by atoms with Gasteiger partial charge in [-0.25, -0.2) is 26.9 Å². The molecule has 2 aliphatic carbocycles. The number of carbonyl (C=O) groups is 5. The second-order valence-electron chi connectivity index (χ2n) is 13.6. The molecule has 9 nitrogen and oxygen atoms in total. The van der Waals surface area contributed by atoms with Crippen molar-refractivity contribution in [3.05, 3.63) is 106 Å². The predicted molar refractivity (Wildman–Crippen MR) is 177 cm³/mol. The third kappa shape index (κ3) is 4.57. The van der Waals surface area contributed by atoms with E-state index < -0.39 is 98.2 Å². The first kappa shape index (κ1) is 35.0. The molecule has 6 atom stereocenters. The first-order valence-corrected chi connectivity index (χ1v) is 16.9. The van der Waals surface area contributed by atoms with Crippen LogP contribution < -0.4 is 14.5 Å². The van der Waals surface area contributed by atoms with E-state index in [-0.39, 0.29) is 46.1 Å². The number of ether oxygens (including phenoxy) is 1. The van der Waals surface area contributed by atoms with Crippen molar-refractivity contribution in [2.24, 2.45) is 23.7 Å². The smallest absolute Gasteiger partial charge is 0.258 e. The minimum Gasteiger partial charge on any atom is -0.508 e. The number of benzene rings is 3. The number of allylic oxidation sites excluding steroid dienone is 3. The summed E-state index contributed by atoms with van der Waals surface area (Å²) in [5.74, 6) is -21.8. The van der Waals surface area contributed by atoms with Crippen LogP contribution in [0.1, 0.15) is 35.7 Å². The van der Waals surface area contributed by atoms with E-state index in [1.165, 1.54) is 55.7 Å². The van der Waals surface area contributed by atoms with E-state index in [0.717, 1.165) is 4.90 Å². The first-order valence-electron chi connectivity index (χ1n) is 16.2. The summed E-state index contributed by atoms with van der Waals surface area (Å²) in [5.41, 5.74) is -0.592. The summed E-state index contributed by atoms with van der Waals surface area (Å²) in [6.45, 7) is 1.34. The largest absolute Gasteiger partial charge is 0.508 e. The minimum absolute atomic E-state index is 0.0587. The molecular formula is C37H23Cl2F5N2O7. The SMILES string of the molecule is CC(=O)c1ccc(N2C(=O)C3CC=C4C(CC5(Cl)C(=O)N(c6c(F)c(F)c(F)c(F)c6F)C(=O)C5(Cl)C4C4=COc5ccc(O)cc5C4)C3C2=O)cc1. The number of hydrogen-bond acceptors (Lipinski definition) is 7. The maximum absolute atomic E-state index is 15.3. The van der Waals surface area contributed by atoms with E-state index >= 15 is 8.78 Å². The number of imide groups is 2. The van der Waals surface area contributed by atoms with Crippen LogP contribution in [-0.4, -0.2) is 44.3 Å². The molecule has 1 saturated carbocycles. The molecule has 3 aromatic carbocycles. The number of halogens is 7. The van der Waals surface area contributed by atoms with Crippen molar-refractivity contribution in [1.29, 1.82) is 0 Å². The molecule has 272 valence electrons. The van der Waals surface area contributed by atoms with E-state index in [0.29, 0.717) is 16.9 Å². The molecule has 1 N–H and O–H groups in total. The lowest BCUT2D eigenvalue weighted by Gasteiger charge is -2.51. The van der Waals surface area contributed by atoms with Gasteiger partial charge in [0.2, 0.25) is 17.6 Å². The molecule has 3 aliphatic heterocycles. The van der Waals surface area contributed by atoms with E-state index in [2.05, 4.69) is 0 Å². The number of ketones is 1. The van der Waals surface area contributed by atoms with Crippen LogP contribution >= 0.6 is 23.2 Å². The summed E-state index contributed by atoms with van der Waals surface area (Å²) in [6, 6.07) is 9.91. The van der Waals surface area contributed by atoms with Crippen LogP contribution in [0.25, 0.3) is 0 Å². The van der Waals surface area contributed by atoms with Gasteiger partial charge in [0, 0.05) is 23.5 Å². The molecule has 0 bridgehead atoms. The summed E-state index contributed by atoms with van der Waals surface area (Å²) in [6.07, 6.45) is 1.96. The maximum Gasteiger partial charge on any atom is 0.258 e. The highest BCUT2D eigenvalue weighted by Crippen LogP contribution is 2.65. The molecule has 3 heterocycles. The molecule has 0 spiro atoms. The fourth-order valence-corrected chi connectivity index (χ4v) is 9.43. The van der Waals surface area contributed by atoms with Gasteiger partial charge >= 0.3 is 0 Å². The van der Waals surface area contributed by atoms with Crippen molar-refractivity contribution in [3.8, 4) is 11.5 Å². The maximum atomic E-state index is 15.3. The number of aromatic hydroxyl groups is 1. The molecule has 8 rings (SSSR count). The quantitative estimate of drug-likeness (QED) is 0.0619. The average Bonchev–Trinajstić information content (AvgIpc) is 3.47. The van der Waals surface area contributed by atoms with Crippen LogP contribution in [-0.2, 0) is 25.6 Å². The van der Waals surface area contributed by atoms with Gasteiger partial charge in [0.05, 0.1) is 23.8 Å². The Morgan fingerprint density at radius 2 is 1.49 bits per heavy atom. The number of rotatable bonds is 4. The summed E-state index contributed by atoms with van der Waals surface area (Å²) in [4.78, 5) is 64.2. The number of Topliss-reactive ketones (excluding diaryl/α,β-unsaturated/α-hetero) is 1. The zero-order chi connectivity index (χ0) is 38.0. The van der Waals surface area contributed by atoms with Gasteiger partial charge in [-0.1, -0.05) is 11.6 Å². The Morgan fingerprint density at radius 3 is 2.13 bits per heavy atom. The molecule has 4 amide bonds. The fourth-order valence-electron chi connectivity index (χ4n) is 8.48. The molecule has 0 aromatic heterocycles. The topological polar surface area (TPSA) is 121 Å². The molecule has 16 heteroatoms.